The van der Waals surface area contributed by atoms with Crippen LogP contribution in [0, 0.1) is 5.41 Å². The van der Waals surface area contributed by atoms with Gasteiger partial charge in [-0.05, 0) is 50.6 Å². The molecular formula is C16H31ClN2O3S. The van der Waals surface area contributed by atoms with Gasteiger partial charge in [0.05, 0.1) is 0 Å². The van der Waals surface area contributed by atoms with Gasteiger partial charge >= 0.3 is 0 Å². The first-order valence-electron chi connectivity index (χ1n) is 8.44. The predicted molar refractivity (Wildman–Crippen MR) is 95.8 cm³/mol. The number of piperidine rings is 2. The third-order valence-corrected chi connectivity index (χ3v) is 7.43. The highest BCUT2D eigenvalue weighted by atomic mass is 35.5. The van der Waals surface area contributed by atoms with Crippen LogP contribution in [0.25, 0.3) is 0 Å². The number of hydrogen-bond acceptors (Lipinski definition) is 4. The lowest BCUT2D eigenvalue weighted by Crippen LogP contribution is -2.60. The Morgan fingerprint density at radius 1 is 1.22 bits per heavy atom. The smallest absolute Gasteiger partial charge is 0.244 e. The zero-order chi connectivity index (χ0) is 16.4. The summed E-state index contributed by atoms with van der Waals surface area (Å²) in [5.41, 5.74) is 0.133. The number of hydrogen-bond donors (Lipinski definition) is 1. The summed E-state index contributed by atoms with van der Waals surface area (Å²) >= 11 is 0. The topological polar surface area (TPSA) is 66.5 Å². The molecule has 23 heavy (non-hydrogen) atoms. The predicted octanol–water partition coefficient (Wildman–Crippen LogP) is 2.00. The fraction of sp³-hybridized carbons (Fsp3) is 0.938. The second-order valence-corrected chi connectivity index (χ2v) is 9.73. The Hall–Kier alpha value is -0.330. The lowest BCUT2D eigenvalue weighted by molar-refractivity contribution is -0.138. The van der Waals surface area contributed by atoms with E-state index in [4.69, 9.17) is 0 Å². The fourth-order valence-electron chi connectivity index (χ4n) is 4.16. The Morgan fingerprint density at radius 3 is 2.35 bits per heavy atom. The third-order valence-electron chi connectivity index (χ3n) is 5.43. The largest absolute Gasteiger partial charge is 0.341 e. The van der Waals surface area contributed by atoms with E-state index in [0.717, 1.165) is 25.7 Å². The second-order valence-electron chi connectivity index (χ2n) is 7.41. The first-order chi connectivity index (χ1) is 10.2. The van der Waals surface area contributed by atoms with E-state index < -0.39 is 14.6 Å². The van der Waals surface area contributed by atoms with Crippen LogP contribution in [0.4, 0.5) is 0 Å². The molecule has 2 fully saturated rings. The summed E-state index contributed by atoms with van der Waals surface area (Å²) in [5, 5.41) is 3.17. The zero-order valence-corrected chi connectivity index (χ0v) is 16.2. The molecule has 0 spiro atoms. The first kappa shape index (κ1) is 20.7. The van der Waals surface area contributed by atoms with E-state index >= 15 is 0 Å². The molecule has 1 amide bonds. The van der Waals surface area contributed by atoms with Crippen LogP contribution >= 0.6 is 12.4 Å². The molecule has 0 aromatic heterocycles. The molecule has 2 aliphatic rings. The van der Waals surface area contributed by atoms with E-state index in [1.165, 1.54) is 6.26 Å². The fourth-order valence-corrected chi connectivity index (χ4v) is 5.55. The maximum atomic E-state index is 13.1. The monoisotopic (exact) mass is 366 g/mol. The summed E-state index contributed by atoms with van der Waals surface area (Å²) in [6, 6.07) is 0. The molecule has 2 heterocycles. The number of nitrogens with zero attached hydrogens (tertiary/aromatic N) is 1. The summed E-state index contributed by atoms with van der Waals surface area (Å²) in [7, 11) is -3.42. The van der Waals surface area contributed by atoms with Crippen LogP contribution in [-0.4, -0.2) is 56.4 Å². The van der Waals surface area contributed by atoms with E-state index in [1.807, 2.05) is 4.90 Å². The molecule has 5 nitrogen and oxygen atoms in total. The van der Waals surface area contributed by atoms with E-state index in [1.54, 1.807) is 0 Å². The zero-order valence-electron chi connectivity index (χ0n) is 14.6. The van der Waals surface area contributed by atoms with Crippen molar-refractivity contribution in [2.45, 2.75) is 57.1 Å². The molecule has 1 atom stereocenters. The minimum atomic E-state index is -3.42. The lowest BCUT2D eigenvalue weighted by Gasteiger charge is -2.45. The number of nitrogens with one attached hydrogen (secondary N) is 1. The molecule has 2 saturated heterocycles. The van der Waals surface area contributed by atoms with Crippen LogP contribution in [0.2, 0.25) is 0 Å². The van der Waals surface area contributed by atoms with Crippen LogP contribution in [0.1, 0.15) is 52.4 Å². The molecule has 0 aliphatic carbocycles. The van der Waals surface area contributed by atoms with Crippen molar-refractivity contribution in [3.8, 4) is 0 Å². The first-order valence-corrected chi connectivity index (χ1v) is 10.3. The van der Waals surface area contributed by atoms with Crippen molar-refractivity contribution in [2.24, 2.45) is 5.41 Å². The van der Waals surface area contributed by atoms with Crippen LogP contribution < -0.4 is 5.32 Å². The average Bonchev–Trinajstić information content (AvgIpc) is 2.46. The van der Waals surface area contributed by atoms with Crippen molar-refractivity contribution in [1.29, 1.82) is 0 Å². The quantitative estimate of drug-likeness (QED) is 0.826. The van der Waals surface area contributed by atoms with Gasteiger partial charge < -0.3 is 10.2 Å². The van der Waals surface area contributed by atoms with Crippen LogP contribution in [-0.2, 0) is 14.6 Å². The summed E-state index contributed by atoms with van der Waals surface area (Å²) in [5.74, 6) is -0.154. The molecule has 2 aliphatic heterocycles. The van der Waals surface area contributed by atoms with Gasteiger partial charge in [0.2, 0.25) is 5.91 Å². The summed E-state index contributed by atoms with van der Waals surface area (Å²) < 4.78 is 23.6. The number of sulfone groups is 1. The summed E-state index contributed by atoms with van der Waals surface area (Å²) in [4.78, 5) is 15.0. The van der Waals surface area contributed by atoms with Gasteiger partial charge in [0.1, 0.15) is 0 Å². The van der Waals surface area contributed by atoms with E-state index in [2.05, 4.69) is 19.2 Å². The van der Waals surface area contributed by atoms with Gasteiger partial charge in [-0.1, -0.05) is 20.3 Å². The van der Waals surface area contributed by atoms with Gasteiger partial charge in [0.25, 0.3) is 0 Å². The van der Waals surface area contributed by atoms with Crippen molar-refractivity contribution >= 4 is 28.2 Å². The van der Waals surface area contributed by atoms with Crippen molar-refractivity contribution in [3.63, 3.8) is 0 Å². The average molecular weight is 367 g/mol. The van der Waals surface area contributed by atoms with Gasteiger partial charge in [-0.2, -0.15) is 0 Å². The van der Waals surface area contributed by atoms with Gasteiger partial charge in [-0.3, -0.25) is 4.79 Å². The van der Waals surface area contributed by atoms with Gasteiger partial charge in [-0.15, -0.1) is 12.4 Å². The normalized spacial score (nSPS) is 28.0. The number of carbonyl (C=O) groups is 1. The Labute approximate surface area is 146 Å². The maximum absolute atomic E-state index is 13.1. The van der Waals surface area contributed by atoms with Crippen LogP contribution in [0.15, 0.2) is 0 Å². The SMILES string of the molecule is CCCC1(C)CCCN(C(=O)C2(S(C)(=O)=O)CCNCC2)C1.Cl. The van der Waals surface area contributed by atoms with E-state index in [0.29, 0.717) is 39.0 Å². The van der Waals surface area contributed by atoms with Crippen LogP contribution in [0.5, 0.6) is 0 Å². The Morgan fingerprint density at radius 2 is 1.83 bits per heavy atom. The molecular weight excluding hydrogens is 336 g/mol. The Kier molecular flexibility index (Phi) is 6.94. The molecule has 2 rings (SSSR count). The highest BCUT2D eigenvalue weighted by Crippen LogP contribution is 2.37. The molecule has 0 aromatic rings. The summed E-state index contributed by atoms with van der Waals surface area (Å²) in [6.45, 7) is 6.98. The molecule has 0 radical (unpaired) electrons. The minimum Gasteiger partial charge on any atom is -0.341 e. The molecule has 136 valence electrons. The van der Waals surface area contributed by atoms with Crippen molar-refractivity contribution in [3.05, 3.63) is 0 Å². The number of amides is 1. The second kappa shape index (κ2) is 7.70. The van der Waals surface area contributed by atoms with Crippen molar-refractivity contribution in [1.82, 2.24) is 10.2 Å². The third kappa shape index (κ3) is 4.20. The molecule has 0 saturated carbocycles. The standard InChI is InChI=1S/C16H30N2O3S.ClH/c1-4-6-15(2)7-5-12-18(13-15)14(19)16(22(3,20)21)8-10-17-11-9-16;/h17H,4-13H2,1-3H3;1H. The highest BCUT2D eigenvalue weighted by molar-refractivity contribution is 7.92. The van der Waals surface area contributed by atoms with E-state index in [-0.39, 0.29) is 23.7 Å². The van der Waals surface area contributed by atoms with Crippen LogP contribution in [0.3, 0.4) is 0 Å². The van der Waals surface area contributed by atoms with Gasteiger partial charge in [0.15, 0.2) is 14.6 Å². The molecule has 1 unspecified atom stereocenters. The van der Waals surface area contributed by atoms with E-state index in [9.17, 15) is 13.2 Å². The Balaban J connectivity index is 0.00000264. The van der Waals surface area contributed by atoms with Gasteiger partial charge in [-0.25, -0.2) is 8.42 Å². The highest BCUT2D eigenvalue weighted by Gasteiger charge is 2.51. The van der Waals surface area contributed by atoms with Crippen molar-refractivity contribution in [2.75, 3.05) is 32.4 Å². The molecule has 0 bridgehead atoms. The molecule has 7 heteroatoms. The van der Waals surface area contributed by atoms with Crippen molar-refractivity contribution < 1.29 is 13.2 Å². The van der Waals surface area contributed by atoms with Gasteiger partial charge in [0, 0.05) is 19.3 Å². The number of likely N-dealkylation sites (tertiary alicyclic amines) is 1. The maximum Gasteiger partial charge on any atom is 0.244 e. The summed E-state index contributed by atoms with van der Waals surface area (Å²) in [6.07, 6.45) is 6.30. The number of halogens is 1. The number of carbonyl (C=O) groups excluding carboxylic acids is 1. The number of rotatable bonds is 4. The Bertz CT molecular complexity index is 513. The minimum absolute atomic E-state index is 0. The molecule has 0 aromatic carbocycles. The molecule has 1 N–H and O–H groups in total. The lowest BCUT2D eigenvalue weighted by atomic mass is 9.77.